The van der Waals surface area contributed by atoms with Crippen LogP contribution in [0.5, 0.6) is 0 Å². The second-order valence-electron chi connectivity index (χ2n) is 7.39. The molecule has 0 saturated carbocycles. The van der Waals surface area contributed by atoms with Crippen molar-refractivity contribution in [1.82, 2.24) is 0 Å². The van der Waals surface area contributed by atoms with E-state index in [2.05, 4.69) is 46.6 Å². The maximum absolute atomic E-state index is 11.8. The quantitative estimate of drug-likeness (QED) is 0.446. The molecule has 1 saturated heterocycles. The molecule has 0 radical (unpaired) electrons. The van der Waals surface area contributed by atoms with Gasteiger partial charge in [0.05, 0.1) is 13.2 Å². The number of hydrogen-bond acceptors (Lipinski definition) is 3. The molecule has 0 bridgehead atoms. The Morgan fingerprint density at radius 1 is 1.40 bits per heavy atom. The Labute approximate surface area is 125 Å². The highest BCUT2D eigenvalue weighted by atomic mass is 29.3. The molecule has 2 atom stereocenters. The van der Waals surface area contributed by atoms with E-state index in [1.165, 1.54) is 6.04 Å². The van der Waals surface area contributed by atoms with E-state index in [1.807, 2.05) is 0 Å². The third-order valence-corrected chi connectivity index (χ3v) is 21.6. The molecule has 20 heavy (non-hydrogen) atoms. The first-order valence-corrected chi connectivity index (χ1v) is 14.6. The average molecular weight is 315 g/mol. The van der Waals surface area contributed by atoms with E-state index in [4.69, 9.17) is 9.16 Å². The summed E-state index contributed by atoms with van der Waals surface area (Å²) in [5.74, 6) is -0.303. The van der Waals surface area contributed by atoms with Gasteiger partial charge in [0.1, 0.15) is 6.10 Å². The zero-order valence-corrected chi connectivity index (χ0v) is 16.1. The summed E-state index contributed by atoms with van der Waals surface area (Å²) in [5, 5.41) is 0. The molecule has 0 aromatic rings. The zero-order chi connectivity index (χ0) is 15.8. The number of esters is 1. The lowest BCUT2D eigenvalue weighted by Crippen LogP contribution is -2.67. The van der Waals surface area contributed by atoms with Crippen LogP contribution in [0, 0.1) is 0 Å². The monoisotopic (exact) mass is 314 g/mol. The van der Waals surface area contributed by atoms with E-state index in [0.29, 0.717) is 5.57 Å². The van der Waals surface area contributed by atoms with Crippen molar-refractivity contribution in [1.29, 1.82) is 0 Å². The van der Waals surface area contributed by atoms with Crippen molar-refractivity contribution in [3.05, 3.63) is 12.2 Å². The first-order valence-electron chi connectivity index (χ1n) is 7.52. The molecule has 1 aliphatic rings. The van der Waals surface area contributed by atoms with Gasteiger partial charge in [-0.1, -0.05) is 32.6 Å². The Morgan fingerprint density at radius 3 is 2.35 bits per heavy atom. The van der Waals surface area contributed by atoms with Crippen molar-refractivity contribution in [3.8, 4) is 0 Å². The van der Waals surface area contributed by atoms with Gasteiger partial charge in [-0.05, 0) is 39.8 Å². The molecule has 1 fully saturated rings. The van der Waals surface area contributed by atoms with Gasteiger partial charge in [0.25, 0.3) is 0 Å². The Hall–Kier alpha value is -0.396. The Bertz CT molecular complexity index is 404. The normalized spacial score (nSPS) is 29.6. The highest BCUT2D eigenvalue weighted by Gasteiger charge is 2.54. The van der Waals surface area contributed by atoms with Crippen LogP contribution in [0.3, 0.4) is 0 Å². The van der Waals surface area contributed by atoms with Gasteiger partial charge in [-0.15, -0.1) is 0 Å². The minimum Gasteiger partial charge on any atom is -0.456 e. The molecule has 1 heterocycles. The molecular formula is C15H30O3Si2. The van der Waals surface area contributed by atoms with Crippen LogP contribution in [0.15, 0.2) is 12.2 Å². The van der Waals surface area contributed by atoms with Crippen molar-refractivity contribution in [2.45, 2.75) is 77.6 Å². The number of hydrogen-bond donors (Lipinski definition) is 0. The highest BCUT2D eigenvalue weighted by molar-refractivity contribution is 7.38. The summed E-state index contributed by atoms with van der Waals surface area (Å²) in [6.45, 7) is 19.0. The van der Waals surface area contributed by atoms with Gasteiger partial charge in [-0.25, -0.2) is 4.79 Å². The second kappa shape index (κ2) is 5.77. The number of carbonyl (C=O) groups excluding carboxylic acids is 1. The van der Waals surface area contributed by atoms with E-state index in [-0.39, 0.29) is 17.7 Å². The SMILES string of the molecule is C=C(C)C(=O)OC(CC)C1(C)CC[Si](C)(C)[Si](C)(C)O1. The van der Waals surface area contributed by atoms with Gasteiger partial charge in [-0.2, -0.15) is 0 Å². The largest absolute Gasteiger partial charge is 0.456 e. The number of carbonyl (C=O) groups is 1. The van der Waals surface area contributed by atoms with Crippen molar-refractivity contribution in [2.75, 3.05) is 0 Å². The molecule has 1 aliphatic heterocycles. The Morgan fingerprint density at radius 2 is 1.95 bits per heavy atom. The summed E-state index contributed by atoms with van der Waals surface area (Å²) >= 11 is 0. The standard InChI is InChI=1S/C15H30O3Si2/c1-9-13(17-14(16)12(2)3)15(4)10-11-19(5,6)20(7,8)18-15/h13H,2,9-11H2,1,3-8H3. The van der Waals surface area contributed by atoms with Gasteiger partial charge >= 0.3 is 5.97 Å². The maximum Gasteiger partial charge on any atom is 0.333 e. The van der Waals surface area contributed by atoms with Crippen LogP contribution in [-0.2, 0) is 14.0 Å². The lowest BCUT2D eigenvalue weighted by molar-refractivity contribution is -0.157. The van der Waals surface area contributed by atoms with E-state index in [0.717, 1.165) is 12.8 Å². The lowest BCUT2D eigenvalue weighted by Gasteiger charge is -2.52. The van der Waals surface area contributed by atoms with Crippen LogP contribution in [0.25, 0.3) is 0 Å². The number of rotatable bonds is 4. The summed E-state index contributed by atoms with van der Waals surface area (Å²) in [6.07, 6.45) is 1.59. The summed E-state index contributed by atoms with van der Waals surface area (Å²) in [7, 11) is -2.95. The third kappa shape index (κ3) is 3.43. The highest BCUT2D eigenvalue weighted by Crippen LogP contribution is 2.42. The third-order valence-electron chi connectivity index (χ3n) is 5.01. The smallest absolute Gasteiger partial charge is 0.333 e. The van der Waals surface area contributed by atoms with E-state index >= 15 is 0 Å². The van der Waals surface area contributed by atoms with E-state index in [9.17, 15) is 4.79 Å². The zero-order valence-electron chi connectivity index (χ0n) is 14.1. The summed E-state index contributed by atoms with van der Waals surface area (Å²) in [6, 6.07) is 1.25. The van der Waals surface area contributed by atoms with Gasteiger partial charge < -0.3 is 9.16 Å². The van der Waals surface area contributed by atoms with Crippen LogP contribution >= 0.6 is 0 Å². The number of ether oxygens (including phenoxy) is 1. The predicted octanol–water partition coefficient (Wildman–Crippen LogP) is 4.06. The minimum atomic E-state index is -1.69. The maximum atomic E-state index is 11.8. The average Bonchev–Trinajstić information content (AvgIpc) is 2.30. The molecule has 5 heteroatoms. The van der Waals surface area contributed by atoms with Crippen LogP contribution in [0.4, 0.5) is 0 Å². The van der Waals surface area contributed by atoms with Gasteiger partial charge in [0.2, 0.25) is 0 Å². The molecule has 1 rings (SSSR count). The molecule has 3 nitrogen and oxygen atoms in total. The van der Waals surface area contributed by atoms with Gasteiger partial charge in [0.15, 0.2) is 7.83 Å². The molecular weight excluding hydrogens is 284 g/mol. The predicted molar refractivity (Wildman–Crippen MR) is 88.9 cm³/mol. The van der Waals surface area contributed by atoms with E-state index < -0.39 is 15.4 Å². The topological polar surface area (TPSA) is 35.5 Å². The van der Waals surface area contributed by atoms with Crippen molar-refractivity contribution < 1.29 is 14.0 Å². The fourth-order valence-electron chi connectivity index (χ4n) is 2.73. The first kappa shape index (κ1) is 17.7. The first-order chi connectivity index (χ1) is 8.95. The molecule has 0 aliphatic carbocycles. The van der Waals surface area contributed by atoms with Gasteiger partial charge in [-0.3, -0.25) is 0 Å². The summed E-state index contributed by atoms with van der Waals surface area (Å²) < 4.78 is 12.2. The lowest BCUT2D eigenvalue weighted by atomic mass is 9.94. The minimum absolute atomic E-state index is 0.177. The Kier molecular flexibility index (Phi) is 5.10. The fraction of sp³-hybridized carbons (Fsp3) is 0.800. The van der Waals surface area contributed by atoms with Crippen LogP contribution in [0.1, 0.15) is 33.6 Å². The molecule has 0 aromatic heterocycles. The van der Waals surface area contributed by atoms with Crippen molar-refractivity contribution >= 4 is 21.4 Å². The molecule has 0 spiro atoms. The van der Waals surface area contributed by atoms with Crippen LogP contribution in [0.2, 0.25) is 32.2 Å². The van der Waals surface area contributed by atoms with Gasteiger partial charge in [0, 0.05) is 5.57 Å². The fourth-order valence-corrected chi connectivity index (χ4v) is 9.84. The molecule has 2 unspecified atom stereocenters. The summed E-state index contributed by atoms with van der Waals surface area (Å²) in [4.78, 5) is 11.8. The Balaban J connectivity index is 2.92. The molecule has 0 aromatic carbocycles. The van der Waals surface area contributed by atoms with Crippen molar-refractivity contribution in [3.63, 3.8) is 0 Å². The van der Waals surface area contributed by atoms with Crippen molar-refractivity contribution in [2.24, 2.45) is 0 Å². The van der Waals surface area contributed by atoms with E-state index in [1.54, 1.807) is 6.92 Å². The molecule has 0 N–H and O–H groups in total. The second-order valence-corrected chi connectivity index (χ2v) is 22.6. The summed E-state index contributed by atoms with van der Waals surface area (Å²) in [5.41, 5.74) is 0.118. The van der Waals surface area contributed by atoms with Crippen LogP contribution < -0.4 is 0 Å². The molecule has 0 amide bonds. The van der Waals surface area contributed by atoms with Crippen LogP contribution in [-0.4, -0.2) is 33.1 Å². The molecule has 116 valence electrons.